The van der Waals surface area contributed by atoms with Crippen LogP contribution in [0.5, 0.6) is 0 Å². The molecule has 0 aliphatic rings. The van der Waals surface area contributed by atoms with Crippen LogP contribution >= 0.6 is 27.3 Å². The molecule has 0 aromatic carbocycles. The van der Waals surface area contributed by atoms with E-state index in [-0.39, 0.29) is 0 Å². The second kappa shape index (κ2) is 6.41. The number of aromatic nitrogens is 2. The first-order valence-electron chi connectivity index (χ1n) is 5.94. The maximum absolute atomic E-state index is 4.33. The molecule has 18 heavy (non-hydrogen) atoms. The Balaban J connectivity index is 2.16. The number of nitrogens with one attached hydrogen (secondary N) is 1. The SMILES string of the molecule is CCNC(Cc1cncc(Br)c1)c1cnc(C)s1. The van der Waals surface area contributed by atoms with Crippen molar-refractivity contribution in [2.45, 2.75) is 26.3 Å². The van der Waals surface area contributed by atoms with Crippen molar-refractivity contribution in [2.75, 3.05) is 6.54 Å². The van der Waals surface area contributed by atoms with Gasteiger partial charge in [-0.25, -0.2) is 4.98 Å². The second-order valence-electron chi connectivity index (χ2n) is 4.11. The molecule has 1 N–H and O–H groups in total. The number of hydrogen-bond acceptors (Lipinski definition) is 4. The summed E-state index contributed by atoms with van der Waals surface area (Å²) in [4.78, 5) is 9.83. The average Bonchev–Trinajstić information content (AvgIpc) is 2.75. The van der Waals surface area contributed by atoms with Gasteiger partial charge in [0.15, 0.2) is 0 Å². The fraction of sp³-hybridized carbons (Fsp3) is 0.385. The number of thiazole rings is 1. The lowest BCUT2D eigenvalue weighted by molar-refractivity contribution is 0.556. The van der Waals surface area contributed by atoms with Gasteiger partial charge >= 0.3 is 0 Å². The van der Waals surface area contributed by atoms with Crippen molar-refractivity contribution in [1.82, 2.24) is 15.3 Å². The van der Waals surface area contributed by atoms with Crippen LogP contribution in [0.1, 0.15) is 28.4 Å². The molecule has 0 saturated heterocycles. The summed E-state index contributed by atoms with van der Waals surface area (Å²) in [5.41, 5.74) is 1.22. The monoisotopic (exact) mass is 325 g/mol. The highest BCUT2D eigenvalue weighted by Gasteiger charge is 2.14. The Bertz CT molecular complexity index is 512. The lowest BCUT2D eigenvalue weighted by Gasteiger charge is -2.15. The molecule has 0 spiro atoms. The van der Waals surface area contributed by atoms with E-state index in [1.54, 1.807) is 11.3 Å². The van der Waals surface area contributed by atoms with Gasteiger partial charge in [-0.3, -0.25) is 4.98 Å². The van der Waals surface area contributed by atoms with Gasteiger partial charge in [0.2, 0.25) is 0 Å². The lowest BCUT2D eigenvalue weighted by atomic mass is 10.1. The normalized spacial score (nSPS) is 12.6. The molecular formula is C13H16BrN3S. The number of rotatable bonds is 5. The third-order valence-corrected chi connectivity index (χ3v) is 4.09. The van der Waals surface area contributed by atoms with Crippen molar-refractivity contribution in [3.63, 3.8) is 0 Å². The molecule has 2 heterocycles. The van der Waals surface area contributed by atoms with Crippen molar-refractivity contribution in [3.8, 4) is 0 Å². The molecule has 1 atom stereocenters. The van der Waals surface area contributed by atoms with Crippen LogP contribution in [0.3, 0.4) is 0 Å². The highest BCUT2D eigenvalue weighted by Crippen LogP contribution is 2.24. The predicted molar refractivity (Wildman–Crippen MR) is 78.9 cm³/mol. The molecule has 2 aromatic heterocycles. The summed E-state index contributed by atoms with van der Waals surface area (Å²) in [6.07, 6.45) is 6.63. The van der Waals surface area contributed by atoms with E-state index < -0.39 is 0 Å². The van der Waals surface area contributed by atoms with Crippen molar-refractivity contribution in [1.29, 1.82) is 0 Å². The predicted octanol–water partition coefficient (Wildman–Crippen LogP) is 3.50. The van der Waals surface area contributed by atoms with Crippen molar-refractivity contribution < 1.29 is 0 Å². The molecule has 0 bridgehead atoms. The van der Waals surface area contributed by atoms with E-state index in [0.717, 1.165) is 22.4 Å². The standard InChI is InChI=1S/C13H16BrN3S/c1-3-16-12(13-8-17-9(2)18-13)5-10-4-11(14)7-15-6-10/h4,6-8,12,16H,3,5H2,1-2H3. The summed E-state index contributed by atoms with van der Waals surface area (Å²) in [5, 5.41) is 4.62. The van der Waals surface area contributed by atoms with E-state index in [9.17, 15) is 0 Å². The quantitative estimate of drug-likeness (QED) is 0.914. The van der Waals surface area contributed by atoms with Crippen LogP contribution in [0.2, 0.25) is 0 Å². The molecule has 0 saturated carbocycles. The summed E-state index contributed by atoms with van der Waals surface area (Å²) in [7, 11) is 0. The molecule has 0 radical (unpaired) electrons. The molecule has 0 aliphatic heterocycles. The number of pyridine rings is 1. The number of halogens is 1. The summed E-state index contributed by atoms with van der Waals surface area (Å²) in [5.74, 6) is 0. The number of likely N-dealkylation sites (N-methyl/N-ethyl adjacent to an activating group) is 1. The van der Waals surface area contributed by atoms with E-state index in [2.05, 4.69) is 44.2 Å². The fourth-order valence-corrected chi connectivity index (χ4v) is 3.13. The molecule has 0 amide bonds. The lowest BCUT2D eigenvalue weighted by Crippen LogP contribution is -2.22. The zero-order valence-electron chi connectivity index (χ0n) is 10.5. The van der Waals surface area contributed by atoms with Crippen LogP contribution < -0.4 is 5.32 Å². The second-order valence-corrected chi connectivity index (χ2v) is 6.29. The maximum atomic E-state index is 4.33. The van der Waals surface area contributed by atoms with Crippen molar-refractivity contribution in [2.24, 2.45) is 0 Å². The van der Waals surface area contributed by atoms with Crippen LogP contribution in [-0.4, -0.2) is 16.5 Å². The van der Waals surface area contributed by atoms with Crippen LogP contribution in [0.4, 0.5) is 0 Å². The van der Waals surface area contributed by atoms with Gasteiger partial charge < -0.3 is 5.32 Å². The summed E-state index contributed by atoms with van der Waals surface area (Å²) >= 11 is 5.21. The zero-order chi connectivity index (χ0) is 13.0. The van der Waals surface area contributed by atoms with Crippen molar-refractivity contribution >= 4 is 27.3 Å². The molecule has 2 rings (SSSR count). The minimum Gasteiger partial charge on any atom is -0.309 e. The van der Waals surface area contributed by atoms with E-state index >= 15 is 0 Å². The van der Waals surface area contributed by atoms with Crippen molar-refractivity contribution in [3.05, 3.63) is 44.6 Å². The van der Waals surface area contributed by atoms with E-state index in [1.807, 2.05) is 25.5 Å². The molecule has 5 heteroatoms. The molecule has 1 unspecified atom stereocenters. The highest BCUT2D eigenvalue weighted by atomic mass is 79.9. The van der Waals surface area contributed by atoms with Crippen LogP contribution in [-0.2, 0) is 6.42 Å². The Morgan fingerprint density at radius 1 is 1.39 bits per heavy atom. The largest absolute Gasteiger partial charge is 0.309 e. The van der Waals surface area contributed by atoms with Gasteiger partial charge in [-0.1, -0.05) is 6.92 Å². The van der Waals surface area contributed by atoms with Crippen LogP contribution in [0.15, 0.2) is 29.1 Å². The first-order valence-corrected chi connectivity index (χ1v) is 7.55. The Morgan fingerprint density at radius 2 is 2.22 bits per heavy atom. The third kappa shape index (κ3) is 3.60. The average molecular weight is 326 g/mol. The minimum atomic E-state index is 0.317. The number of nitrogens with zero attached hydrogens (tertiary/aromatic N) is 2. The Hall–Kier alpha value is -0.780. The minimum absolute atomic E-state index is 0.317. The summed E-state index contributed by atoms with van der Waals surface area (Å²) in [6.45, 7) is 5.11. The topological polar surface area (TPSA) is 37.8 Å². The Morgan fingerprint density at radius 3 is 2.83 bits per heavy atom. The van der Waals surface area contributed by atoms with Gasteiger partial charge in [-0.2, -0.15) is 0 Å². The summed E-state index contributed by atoms with van der Waals surface area (Å²) in [6, 6.07) is 2.43. The van der Waals surface area contributed by atoms with Gasteiger partial charge in [0.1, 0.15) is 0 Å². The molecule has 96 valence electrons. The molecule has 0 fully saturated rings. The third-order valence-electron chi connectivity index (χ3n) is 2.63. The Labute approximate surface area is 120 Å². The highest BCUT2D eigenvalue weighted by molar-refractivity contribution is 9.10. The van der Waals surface area contributed by atoms with Gasteiger partial charge in [0.05, 0.1) is 5.01 Å². The van der Waals surface area contributed by atoms with Gasteiger partial charge in [-0.15, -0.1) is 11.3 Å². The first-order chi connectivity index (χ1) is 8.69. The van der Waals surface area contributed by atoms with E-state index in [1.165, 1.54) is 10.4 Å². The number of hydrogen-bond donors (Lipinski definition) is 1. The molecule has 3 nitrogen and oxygen atoms in total. The zero-order valence-corrected chi connectivity index (χ0v) is 12.9. The van der Waals surface area contributed by atoms with Gasteiger partial charge in [-0.05, 0) is 47.4 Å². The van der Waals surface area contributed by atoms with Crippen LogP contribution in [0.25, 0.3) is 0 Å². The summed E-state index contributed by atoms with van der Waals surface area (Å²) < 4.78 is 1.02. The molecular weight excluding hydrogens is 310 g/mol. The molecule has 0 aliphatic carbocycles. The van der Waals surface area contributed by atoms with Gasteiger partial charge in [0, 0.05) is 34.0 Å². The maximum Gasteiger partial charge on any atom is 0.0897 e. The van der Waals surface area contributed by atoms with E-state index in [4.69, 9.17) is 0 Å². The Kier molecular flexibility index (Phi) is 4.86. The van der Waals surface area contributed by atoms with Crippen LogP contribution in [0, 0.1) is 6.92 Å². The smallest absolute Gasteiger partial charge is 0.0897 e. The van der Waals surface area contributed by atoms with E-state index in [0.29, 0.717) is 6.04 Å². The first kappa shape index (κ1) is 13.6. The molecule has 2 aromatic rings. The fourth-order valence-electron chi connectivity index (χ4n) is 1.86. The van der Waals surface area contributed by atoms with Gasteiger partial charge in [0.25, 0.3) is 0 Å². The number of aryl methyl sites for hydroxylation is 1.